The first kappa shape index (κ1) is 12.8. The van der Waals surface area contributed by atoms with Crippen molar-refractivity contribution in [2.24, 2.45) is 5.92 Å². The van der Waals surface area contributed by atoms with Crippen molar-refractivity contribution in [1.82, 2.24) is 4.57 Å². The van der Waals surface area contributed by atoms with Crippen LogP contribution in [0.2, 0.25) is 0 Å². The third kappa shape index (κ3) is 1.79. The molecule has 1 N–H and O–H groups in total. The normalized spacial score (nSPS) is 21.1. The summed E-state index contributed by atoms with van der Waals surface area (Å²) in [7, 11) is 0. The largest absolute Gasteiger partial charge is 0.477 e. The lowest BCUT2D eigenvalue weighted by Gasteiger charge is -2.12. The molecule has 1 aliphatic carbocycles. The van der Waals surface area contributed by atoms with Gasteiger partial charge in [-0.1, -0.05) is 6.92 Å². The molecular formula is C14H11F2NO3. The van der Waals surface area contributed by atoms with E-state index in [1.807, 2.05) is 6.92 Å². The minimum absolute atomic E-state index is 0.0149. The first-order valence-corrected chi connectivity index (χ1v) is 6.17. The maximum atomic E-state index is 13.4. The van der Waals surface area contributed by atoms with Crippen LogP contribution in [0, 0.1) is 17.6 Å². The van der Waals surface area contributed by atoms with Crippen molar-refractivity contribution < 1.29 is 18.7 Å². The third-order valence-electron chi connectivity index (χ3n) is 3.73. The van der Waals surface area contributed by atoms with E-state index in [0.29, 0.717) is 5.92 Å². The van der Waals surface area contributed by atoms with E-state index in [9.17, 15) is 18.4 Å². The number of rotatable bonds is 2. The van der Waals surface area contributed by atoms with Gasteiger partial charge in [-0.25, -0.2) is 13.6 Å². The lowest BCUT2D eigenvalue weighted by molar-refractivity contribution is 0.0695. The van der Waals surface area contributed by atoms with E-state index in [1.54, 1.807) is 4.57 Å². The molecular weight excluding hydrogens is 268 g/mol. The van der Waals surface area contributed by atoms with Crippen LogP contribution in [0.4, 0.5) is 8.78 Å². The van der Waals surface area contributed by atoms with E-state index in [1.165, 1.54) is 6.20 Å². The van der Waals surface area contributed by atoms with Crippen LogP contribution in [0.3, 0.4) is 0 Å². The van der Waals surface area contributed by atoms with E-state index in [2.05, 4.69) is 0 Å². The highest BCUT2D eigenvalue weighted by Gasteiger charge is 2.35. The zero-order chi connectivity index (χ0) is 14.6. The van der Waals surface area contributed by atoms with E-state index in [0.717, 1.165) is 18.6 Å². The second kappa shape index (κ2) is 4.13. The van der Waals surface area contributed by atoms with Gasteiger partial charge in [0.1, 0.15) is 5.56 Å². The quantitative estimate of drug-likeness (QED) is 0.919. The maximum Gasteiger partial charge on any atom is 0.341 e. The molecule has 1 aliphatic rings. The topological polar surface area (TPSA) is 59.3 Å². The number of carboxylic acids is 1. The Morgan fingerprint density at radius 1 is 1.35 bits per heavy atom. The monoisotopic (exact) mass is 279 g/mol. The zero-order valence-electron chi connectivity index (χ0n) is 10.6. The number of hydrogen-bond acceptors (Lipinski definition) is 2. The molecule has 0 spiro atoms. The molecule has 0 radical (unpaired) electrons. The Balaban J connectivity index is 2.41. The molecule has 1 aromatic heterocycles. The molecule has 0 bridgehead atoms. The van der Waals surface area contributed by atoms with Crippen molar-refractivity contribution in [1.29, 1.82) is 0 Å². The van der Waals surface area contributed by atoms with E-state index in [4.69, 9.17) is 5.11 Å². The van der Waals surface area contributed by atoms with Gasteiger partial charge in [0.05, 0.1) is 5.52 Å². The highest BCUT2D eigenvalue weighted by Crippen LogP contribution is 2.44. The van der Waals surface area contributed by atoms with Crippen molar-refractivity contribution in [3.8, 4) is 0 Å². The summed E-state index contributed by atoms with van der Waals surface area (Å²) in [4.78, 5) is 23.1. The predicted octanol–water partition coefficient (Wildman–Crippen LogP) is 2.56. The SMILES string of the molecule is C[C@H]1C[C@H]1n1cc(C(=O)O)c(=O)c2cc(F)c(F)cc21. The van der Waals surface area contributed by atoms with Gasteiger partial charge in [-0.15, -0.1) is 0 Å². The number of aromatic nitrogens is 1. The highest BCUT2D eigenvalue weighted by molar-refractivity contribution is 5.92. The summed E-state index contributed by atoms with van der Waals surface area (Å²) in [6.07, 6.45) is 2.04. The molecule has 0 aliphatic heterocycles. The van der Waals surface area contributed by atoms with Crippen molar-refractivity contribution in [2.75, 3.05) is 0 Å². The first-order chi connectivity index (χ1) is 9.40. The van der Waals surface area contributed by atoms with Crippen LogP contribution >= 0.6 is 0 Å². The zero-order valence-corrected chi connectivity index (χ0v) is 10.6. The minimum Gasteiger partial charge on any atom is -0.477 e. The number of carbonyl (C=O) groups is 1. The summed E-state index contributed by atoms with van der Waals surface area (Å²) in [5, 5.41) is 8.95. The Morgan fingerprint density at radius 3 is 2.50 bits per heavy atom. The van der Waals surface area contributed by atoms with E-state index >= 15 is 0 Å². The molecule has 2 atom stereocenters. The van der Waals surface area contributed by atoms with E-state index in [-0.39, 0.29) is 16.9 Å². The molecule has 104 valence electrons. The highest BCUT2D eigenvalue weighted by atomic mass is 19.2. The van der Waals surface area contributed by atoms with Gasteiger partial charge < -0.3 is 9.67 Å². The molecule has 4 nitrogen and oxygen atoms in total. The van der Waals surface area contributed by atoms with Gasteiger partial charge >= 0.3 is 5.97 Å². The molecule has 0 amide bonds. The summed E-state index contributed by atoms with van der Waals surface area (Å²) in [6.45, 7) is 1.97. The first-order valence-electron chi connectivity index (χ1n) is 6.17. The van der Waals surface area contributed by atoms with Crippen molar-refractivity contribution in [3.63, 3.8) is 0 Å². The van der Waals surface area contributed by atoms with Crippen molar-refractivity contribution >= 4 is 16.9 Å². The smallest absolute Gasteiger partial charge is 0.341 e. The molecule has 2 aromatic rings. The summed E-state index contributed by atoms with van der Waals surface area (Å²) < 4.78 is 28.3. The van der Waals surface area contributed by atoms with Gasteiger partial charge in [0.15, 0.2) is 11.6 Å². The molecule has 1 aromatic carbocycles. The van der Waals surface area contributed by atoms with Crippen LogP contribution in [0.15, 0.2) is 23.1 Å². The van der Waals surface area contributed by atoms with Crippen molar-refractivity contribution in [2.45, 2.75) is 19.4 Å². The van der Waals surface area contributed by atoms with Gasteiger partial charge in [-0.05, 0) is 18.4 Å². The Kier molecular flexibility index (Phi) is 2.64. The Labute approximate surface area is 112 Å². The Morgan fingerprint density at radius 2 is 1.95 bits per heavy atom. The Bertz CT molecular complexity index is 797. The van der Waals surface area contributed by atoms with Crippen LogP contribution < -0.4 is 5.43 Å². The molecule has 0 saturated heterocycles. The van der Waals surface area contributed by atoms with Gasteiger partial charge in [0.25, 0.3) is 0 Å². The molecule has 3 rings (SSSR count). The lowest BCUT2D eigenvalue weighted by atomic mass is 10.1. The molecule has 20 heavy (non-hydrogen) atoms. The van der Waals surface area contributed by atoms with Gasteiger partial charge in [-0.2, -0.15) is 0 Å². The van der Waals surface area contributed by atoms with E-state index < -0.39 is 28.6 Å². The number of halogens is 2. The number of pyridine rings is 1. The van der Waals surface area contributed by atoms with Crippen LogP contribution in [0.1, 0.15) is 29.7 Å². The van der Waals surface area contributed by atoms with Crippen molar-refractivity contribution in [3.05, 3.63) is 45.8 Å². The second-order valence-electron chi connectivity index (χ2n) is 5.15. The van der Waals surface area contributed by atoms with Crippen LogP contribution in [0.25, 0.3) is 10.9 Å². The average molecular weight is 279 g/mol. The molecule has 1 saturated carbocycles. The summed E-state index contributed by atoms with van der Waals surface area (Å²) in [5.74, 6) is -3.27. The standard InChI is InChI=1S/C14H11F2NO3/c1-6-2-11(6)17-5-8(14(19)20)13(18)7-3-9(15)10(16)4-12(7)17/h3-6,11H,2H2,1H3,(H,19,20)/t6-,11+/m0/s1. The minimum atomic E-state index is -1.37. The molecule has 0 unspecified atom stereocenters. The van der Waals surface area contributed by atoms with Gasteiger partial charge in [0, 0.05) is 23.7 Å². The summed E-state index contributed by atoms with van der Waals surface area (Å²) >= 11 is 0. The third-order valence-corrected chi connectivity index (χ3v) is 3.73. The number of aromatic carboxylic acids is 1. The molecule has 1 fully saturated rings. The fourth-order valence-electron chi connectivity index (χ4n) is 2.46. The summed E-state index contributed by atoms with van der Waals surface area (Å²) in [5.41, 5.74) is -0.994. The van der Waals surface area contributed by atoms with Crippen LogP contribution in [-0.4, -0.2) is 15.6 Å². The Hall–Kier alpha value is -2.24. The van der Waals surface area contributed by atoms with Gasteiger partial charge in [-0.3, -0.25) is 4.79 Å². The second-order valence-corrected chi connectivity index (χ2v) is 5.15. The predicted molar refractivity (Wildman–Crippen MR) is 67.9 cm³/mol. The van der Waals surface area contributed by atoms with Crippen LogP contribution in [0.5, 0.6) is 0 Å². The number of benzene rings is 1. The summed E-state index contributed by atoms with van der Waals surface area (Å²) in [6, 6.07) is 1.73. The lowest BCUT2D eigenvalue weighted by Crippen LogP contribution is -2.19. The number of hydrogen-bond donors (Lipinski definition) is 1. The average Bonchev–Trinajstić information content (AvgIpc) is 3.09. The fraction of sp³-hybridized carbons (Fsp3) is 0.286. The number of carboxylic acid groups (broad SMARTS) is 1. The number of fused-ring (bicyclic) bond motifs is 1. The number of nitrogens with zero attached hydrogens (tertiary/aromatic N) is 1. The molecule has 6 heteroatoms. The maximum absolute atomic E-state index is 13.4. The van der Waals surface area contributed by atoms with Gasteiger partial charge in [0.2, 0.25) is 5.43 Å². The fourth-order valence-corrected chi connectivity index (χ4v) is 2.46. The van der Waals surface area contributed by atoms with Crippen LogP contribution in [-0.2, 0) is 0 Å². The molecule has 1 heterocycles.